The van der Waals surface area contributed by atoms with Crippen LogP contribution in [0.5, 0.6) is 0 Å². The Balaban J connectivity index is 2.33. The van der Waals surface area contributed by atoms with E-state index in [1.165, 1.54) is 6.07 Å². The highest BCUT2D eigenvalue weighted by Crippen LogP contribution is 2.30. The van der Waals surface area contributed by atoms with Crippen LogP contribution in [0.4, 0.5) is 4.39 Å². The first kappa shape index (κ1) is 12.4. The zero-order valence-electron chi connectivity index (χ0n) is 9.25. The molecule has 3 heteroatoms. The van der Waals surface area contributed by atoms with Gasteiger partial charge in [0.15, 0.2) is 0 Å². The second kappa shape index (κ2) is 5.07. The molecule has 0 bridgehead atoms. The number of benzene rings is 2. The Labute approximate surface area is 110 Å². The zero-order valence-corrected chi connectivity index (χ0v) is 10.8. The molecule has 0 aliphatic carbocycles. The van der Waals surface area contributed by atoms with Crippen molar-refractivity contribution < 1.29 is 4.39 Å². The molecule has 0 aromatic heterocycles. The van der Waals surface area contributed by atoms with Gasteiger partial charge in [0.1, 0.15) is 5.82 Å². The molecule has 2 aromatic rings. The van der Waals surface area contributed by atoms with Crippen molar-refractivity contribution in [1.82, 2.24) is 0 Å². The lowest BCUT2D eigenvalue weighted by Gasteiger charge is -2.11. The van der Waals surface area contributed by atoms with Gasteiger partial charge >= 0.3 is 0 Å². The molecule has 0 amide bonds. The summed E-state index contributed by atoms with van der Waals surface area (Å²) >= 11 is 12.2. The summed E-state index contributed by atoms with van der Waals surface area (Å²) in [7, 11) is 0. The fraction of sp³-hybridized carbons (Fsp3) is 0.143. The molecule has 88 valence electrons. The van der Waals surface area contributed by atoms with Gasteiger partial charge in [-0.2, -0.15) is 0 Å². The minimum absolute atomic E-state index is 0.214. The van der Waals surface area contributed by atoms with Gasteiger partial charge in [0.05, 0.1) is 5.38 Å². The highest BCUT2D eigenvalue weighted by atomic mass is 35.5. The maximum atomic E-state index is 13.2. The lowest BCUT2D eigenvalue weighted by Crippen LogP contribution is -1.95. The molecular formula is C14H11Cl2F. The fourth-order valence-corrected chi connectivity index (χ4v) is 2.06. The zero-order chi connectivity index (χ0) is 12.4. The Morgan fingerprint density at radius 1 is 1.00 bits per heavy atom. The molecule has 0 radical (unpaired) electrons. The van der Waals surface area contributed by atoms with Crippen molar-refractivity contribution in [3.8, 4) is 0 Å². The Morgan fingerprint density at radius 3 is 2.18 bits per heavy atom. The summed E-state index contributed by atoms with van der Waals surface area (Å²) in [6.07, 6.45) is 0. The maximum absolute atomic E-state index is 13.2. The Kier molecular flexibility index (Phi) is 3.70. The summed E-state index contributed by atoms with van der Waals surface area (Å²) in [4.78, 5) is 0. The monoisotopic (exact) mass is 268 g/mol. The van der Waals surface area contributed by atoms with Crippen LogP contribution in [0.2, 0.25) is 5.02 Å². The minimum Gasteiger partial charge on any atom is -0.207 e. The molecular weight excluding hydrogens is 258 g/mol. The summed E-state index contributed by atoms with van der Waals surface area (Å²) in [6, 6.07) is 12.2. The molecule has 0 spiro atoms. The smallest absolute Gasteiger partial charge is 0.126 e. The standard InChI is InChI=1S/C14H11Cl2F/c1-9-8-11(4-7-13(9)17)14(16)10-2-5-12(15)6-3-10/h2-8,14H,1H3. The van der Waals surface area contributed by atoms with Crippen LogP contribution in [-0.2, 0) is 0 Å². The van der Waals surface area contributed by atoms with Crippen molar-refractivity contribution in [3.63, 3.8) is 0 Å². The van der Waals surface area contributed by atoms with E-state index in [0.29, 0.717) is 10.6 Å². The third-order valence-electron chi connectivity index (χ3n) is 2.64. The first-order valence-electron chi connectivity index (χ1n) is 5.23. The Hall–Kier alpha value is -1.05. The van der Waals surface area contributed by atoms with Crippen LogP contribution >= 0.6 is 23.2 Å². The van der Waals surface area contributed by atoms with Gasteiger partial charge < -0.3 is 0 Å². The molecule has 0 N–H and O–H groups in total. The van der Waals surface area contributed by atoms with Gasteiger partial charge in [0, 0.05) is 5.02 Å². The second-order valence-electron chi connectivity index (χ2n) is 3.92. The average molecular weight is 269 g/mol. The van der Waals surface area contributed by atoms with Crippen LogP contribution < -0.4 is 0 Å². The molecule has 0 aliphatic rings. The van der Waals surface area contributed by atoms with Gasteiger partial charge in [-0.05, 0) is 41.8 Å². The van der Waals surface area contributed by atoms with Gasteiger partial charge in [0.25, 0.3) is 0 Å². The number of rotatable bonds is 2. The molecule has 0 nitrogen and oxygen atoms in total. The van der Waals surface area contributed by atoms with E-state index in [4.69, 9.17) is 23.2 Å². The number of aryl methyl sites for hydroxylation is 1. The summed E-state index contributed by atoms with van der Waals surface area (Å²) in [5.41, 5.74) is 2.43. The highest BCUT2D eigenvalue weighted by Gasteiger charge is 2.11. The van der Waals surface area contributed by atoms with Crippen LogP contribution in [0.15, 0.2) is 42.5 Å². The van der Waals surface area contributed by atoms with Crippen molar-refractivity contribution in [1.29, 1.82) is 0 Å². The van der Waals surface area contributed by atoms with E-state index in [1.807, 2.05) is 12.1 Å². The third kappa shape index (κ3) is 2.80. The first-order chi connectivity index (χ1) is 8.08. The van der Waals surface area contributed by atoms with Crippen molar-refractivity contribution >= 4 is 23.2 Å². The fourth-order valence-electron chi connectivity index (χ4n) is 1.65. The van der Waals surface area contributed by atoms with E-state index in [1.54, 1.807) is 31.2 Å². The SMILES string of the molecule is Cc1cc(C(Cl)c2ccc(Cl)cc2)ccc1F. The predicted molar refractivity (Wildman–Crippen MR) is 70.3 cm³/mol. The number of hydrogen-bond donors (Lipinski definition) is 0. The Bertz CT molecular complexity index is 520. The van der Waals surface area contributed by atoms with Crippen molar-refractivity contribution in [2.75, 3.05) is 0 Å². The minimum atomic E-state index is -0.286. The second-order valence-corrected chi connectivity index (χ2v) is 4.80. The molecule has 0 aliphatic heterocycles. The lowest BCUT2D eigenvalue weighted by molar-refractivity contribution is 0.617. The van der Waals surface area contributed by atoms with Crippen molar-refractivity contribution in [3.05, 3.63) is 70.0 Å². The molecule has 2 rings (SSSR count). The van der Waals surface area contributed by atoms with Crippen LogP contribution in [0.1, 0.15) is 22.1 Å². The maximum Gasteiger partial charge on any atom is 0.126 e. The summed E-state index contributed by atoms with van der Waals surface area (Å²) in [5, 5.41) is 0.388. The molecule has 0 saturated carbocycles. The summed E-state index contributed by atoms with van der Waals surface area (Å²) in [5.74, 6) is -0.214. The quantitative estimate of drug-likeness (QED) is 0.664. The van der Waals surface area contributed by atoms with Crippen molar-refractivity contribution in [2.45, 2.75) is 12.3 Å². The molecule has 0 heterocycles. The number of halogens is 3. The number of alkyl halides is 1. The van der Waals surface area contributed by atoms with Crippen LogP contribution in [0.25, 0.3) is 0 Å². The molecule has 17 heavy (non-hydrogen) atoms. The topological polar surface area (TPSA) is 0 Å². The van der Waals surface area contributed by atoms with E-state index in [0.717, 1.165) is 11.1 Å². The van der Waals surface area contributed by atoms with Gasteiger partial charge in [0.2, 0.25) is 0 Å². The van der Waals surface area contributed by atoms with Gasteiger partial charge in [-0.15, -0.1) is 11.6 Å². The first-order valence-corrected chi connectivity index (χ1v) is 6.05. The van der Waals surface area contributed by atoms with E-state index < -0.39 is 0 Å². The van der Waals surface area contributed by atoms with Gasteiger partial charge in [-0.25, -0.2) is 4.39 Å². The molecule has 0 fully saturated rings. The van der Waals surface area contributed by atoms with E-state index in [2.05, 4.69) is 0 Å². The normalized spacial score (nSPS) is 12.5. The van der Waals surface area contributed by atoms with Crippen LogP contribution in [0.3, 0.4) is 0 Å². The average Bonchev–Trinajstić information content (AvgIpc) is 2.33. The molecule has 1 atom stereocenters. The summed E-state index contributed by atoms with van der Waals surface area (Å²) < 4.78 is 13.2. The Morgan fingerprint density at radius 2 is 1.59 bits per heavy atom. The van der Waals surface area contributed by atoms with Crippen molar-refractivity contribution in [2.24, 2.45) is 0 Å². The molecule has 2 aromatic carbocycles. The van der Waals surface area contributed by atoms with Crippen LogP contribution in [0, 0.1) is 12.7 Å². The number of hydrogen-bond acceptors (Lipinski definition) is 0. The van der Waals surface area contributed by atoms with Crippen LogP contribution in [-0.4, -0.2) is 0 Å². The largest absolute Gasteiger partial charge is 0.207 e. The summed E-state index contributed by atoms with van der Waals surface area (Å²) in [6.45, 7) is 1.73. The van der Waals surface area contributed by atoms with E-state index >= 15 is 0 Å². The molecule has 0 saturated heterocycles. The third-order valence-corrected chi connectivity index (χ3v) is 3.39. The predicted octanol–water partition coefficient (Wildman–Crippen LogP) is 5.12. The lowest BCUT2D eigenvalue weighted by atomic mass is 10.0. The van der Waals surface area contributed by atoms with Gasteiger partial charge in [-0.3, -0.25) is 0 Å². The van der Waals surface area contributed by atoms with Gasteiger partial charge in [-0.1, -0.05) is 35.9 Å². The molecule has 1 unspecified atom stereocenters. The highest BCUT2D eigenvalue weighted by molar-refractivity contribution is 6.30. The van der Waals surface area contributed by atoms with E-state index in [-0.39, 0.29) is 11.2 Å². The van der Waals surface area contributed by atoms with E-state index in [9.17, 15) is 4.39 Å².